The van der Waals surface area contributed by atoms with E-state index in [1.54, 1.807) is 36.4 Å². The molecule has 5 heteroatoms. The molecule has 0 saturated heterocycles. The molecule has 4 nitrogen and oxygen atoms in total. The normalized spacial score (nSPS) is 11.8. The van der Waals surface area contributed by atoms with Crippen LogP contribution in [0.3, 0.4) is 0 Å². The van der Waals surface area contributed by atoms with Crippen molar-refractivity contribution >= 4 is 33.4 Å². The van der Waals surface area contributed by atoms with Crippen molar-refractivity contribution < 1.29 is 9.59 Å². The zero-order chi connectivity index (χ0) is 16.8. The van der Waals surface area contributed by atoms with Crippen LogP contribution >= 0.6 is 15.9 Å². The Labute approximate surface area is 144 Å². The van der Waals surface area contributed by atoms with Gasteiger partial charge in [-0.15, -0.1) is 0 Å². The molecule has 0 aliphatic rings. The first-order chi connectivity index (χ1) is 11.0. The summed E-state index contributed by atoms with van der Waals surface area (Å²) in [5.74, 6) is -0.514. The SMILES string of the molecule is CC(C)[C@H](NC(=O)c1ccccc1)C(=O)Nc1ccc(Br)cc1. The minimum Gasteiger partial charge on any atom is -0.340 e. The fourth-order valence-corrected chi connectivity index (χ4v) is 2.37. The molecule has 2 aromatic carbocycles. The molecule has 0 radical (unpaired) electrons. The number of amides is 2. The Morgan fingerprint density at radius 1 is 0.957 bits per heavy atom. The highest BCUT2D eigenvalue weighted by molar-refractivity contribution is 9.10. The Hall–Kier alpha value is -2.14. The standard InChI is InChI=1S/C18H19BrN2O2/c1-12(2)16(21-17(22)13-6-4-3-5-7-13)18(23)20-15-10-8-14(19)9-11-15/h3-12,16H,1-2H3,(H,20,23)(H,21,22)/t16-/m0/s1. The molecule has 23 heavy (non-hydrogen) atoms. The number of hydrogen-bond acceptors (Lipinski definition) is 2. The summed E-state index contributed by atoms with van der Waals surface area (Å²) in [5.41, 5.74) is 1.23. The van der Waals surface area contributed by atoms with Crippen LogP contribution < -0.4 is 10.6 Å². The highest BCUT2D eigenvalue weighted by atomic mass is 79.9. The number of nitrogens with one attached hydrogen (secondary N) is 2. The maximum absolute atomic E-state index is 12.5. The molecule has 0 bridgehead atoms. The van der Waals surface area contributed by atoms with Crippen LogP contribution in [0, 0.1) is 5.92 Å². The zero-order valence-electron chi connectivity index (χ0n) is 13.0. The summed E-state index contributed by atoms with van der Waals surface area (Å²) < 4.78 is 0.938. The van der Waals surface area contributed by atoms with Crippen molar-refractivity contribution in [3.05, 3.63) is 64.6 Å². The average molecular weight is 375 g/mol. The third-order valence-corrected chi connectivity index (χ3v) is 3.91. The lowest BCUT2D eigenvalue weighted by Crippen LogP contribution is -2.47. The van der Waals surface area contributed by atoms with Crippen LogP contribution in [0.25, 0.3) is 0 Å². The van der Waals surface area contributed by atoms with Gasteiger partial charge >= 0.3 is 0 Å². The lowest BCUT2D eigenvalue weighted by molar-refractivity contribution is -0.118. The van der Waals surface area contributed by atoms with E-state index in [1.165, 1.54) is 0 Å². The molecule has 0 aliphatic heterocycles. The maximum atomic E-state index is 12.5. The molecule has 2 amide bonds. The molecule has 2 N–H and O–H groups in total. The van der Waals surface area contributed by atoms with Gasteiger partial charge < -0.3 is 10.6 Å². The fourth-order valence-electron chi connectivity index (χ4n) is 2.10. The molecule has 2 aromatic rings. The van der Waals surface area contributed by atoms with Crippen LogP contribution in [0.1, 0.15) is 24.2 Å². The lowest BCUT2D eigenvalue weighted by Gasteiger charge is -2.21. The summed E-state index contributed by atoms with van der Waals surface area (Å²) in [6, 6.07) is 15.6. The third kappa shape index (κ3) is 4.93. The predicted molar refractivity (Wildman–Crippen MR) is 95.3 cm³/mol. The number of anilines is 1. The summed E-state index contributed by atoms with van der Waals surface area (Å²) in [6.07, 6.45) is 0. The summed E-state index contributed by atoms with van der Waals surface area (Å²) in [7, 11) is 0. The van der Waals surface area contributed by atoms with E-state index in [1.807, 2.05) is 32.0 Å². The Balaban J connectivity index is 2.07. The van der Waals surface area contributed by atoms with Crippen LogP contribution in [0.15, 0.2) is 59.1 Å². The molecule has 0 heterocycles. The molecule has 0 aromatic heterocycles. The fraction of sp³-hybridized carbons (Fsp3) is 0.222. The van der Waals surface area contributed by atoms with Crippen molar-refractivity contribution in [2.45, 2.75) is 19.9 Å². The van der Waals surface area contributed by atoms with Gasteiger partial charge in [0.1, 0.15) is 6.04 Å². The molecule has 0 fully saturated rings. The quantitative estimate of drug-likeness (QED) is 0.834. The average Bonchev–Trinajstić information content (AvgIpc) is 2.55. The minimum atomic E-state index is -0.605. The van der Waals surface area contributed by atoms with Crippen molar-refractivity contribution in [3.8, 4) is 0 Å². The van der Waals surface area contributed by atoms with Crippen LogP contribution in [-0.4, -0.2) is 17.9 Å². The third-order valence-electron chi connectivity index (χ3n) is 3.38. The Morgan fingerprint density at radius 2 is 1.57 bits per heavy atom. The van der Waals surface area contributed by atoms with E-state index in [0.29, 0.717) is 11.3 Å². The number of hydrogen-bond donors (Lipinski definition) is 2. The Kier molecular flexibility index (Phi) is 5.93. The maximum Gasteiger partial charge on any atom is 0.251 e. The van der Waals surface area contributed by atoms with E-state index in [9.17, 15) is 9.59 Å². The largest absolute Gasteiger partial charge is 0.340 e. The van der Waals surface area contributed by atoms with Crippen molar-refractivity contribution in [2.75, 3.05) is 5.32 Å². The molecule has 0 spiro atoms. The number of carbonyl (C=O) groups excluding carboxylic acids is 2. The van der Waals surface area contributed by atoms with Crippen LogP contribution in [0.2, 0.25) is 0 Å². The van der Waals surface area contributed by atoms with Gasteiger partial charge in [0.05, 0.1) is 0 Å². The molecule has 0 saturated carbocycles. The molecule has 2 rings (SSSR count). The van der Waals surface area contributed by atoms with Gasteiger partial charge in [-0.05, 0) is 42.3 Å². The van der Waals surface area contributed by atoms with Gasteiger partial charge in [-0.2, -0.15) is 0 Å². The Morgan fingerprint density at radius 3 is 2.13 bits per heavy atom. The predicted octanol–water partition coefficient (Wildman–Crippen LogP) is 3.84. The van der Waals surface area contributed by atoms with Gasteiger partial charge in [-0.1, -0.05) is 48.0 Å². The summed E-state index contributed by atoms with van der Waals surface area (Å²) in [6.45, 7) is 3.80. The van der Waals surface area contributed by atoms with Gasteiger partial charge in [0.15, 0.2) is 0 Å². The van der Waals surface area contributed by atoms with Crippen LogP contribution in [-0.2, 0) is 4.79 Å². The van der Waals surface area contributed by atoms with Gasteiger partial charge in [0, 0.05) is 15.7 Å². The first-order valence-electron chi connectivity index (χ1n) is 7.39. The van der Waals surface area contributed by atoms with Crippen molar-refractivity contribution in [3.63, 3.8) is 0 Å². The number of carbonyl (C=O) groups is 2. The molecule has 1 atom stereocenters. The second-order valence-electron chi connectivity index (χ2n) is 5.56. The van der Waals surface area contributed by atoms with Gasteiger partial charge in [0.2, 0.25) is 5.91 Å². The second kappa shape index (κ2) is 7.92. The highest BCUT2D eigenvalue weighted by Crippen LogP contribution is 2.15. The van der Waals surface area contributed by atoms with Crippen molar-refractivity contribution in [1.82, 2.24) is 5.32 Å². The second-order valence-corrected chi connectivity index (χ2v) is 6.47. The number of rotatable bonds is 5. The number of halogens is 1. The summed E-state index contributed by atoms with van der Waals surface area (Å²) >= 11 is 3.35. The van der Waals surface area contributed by atoms with Crippen molar-refractivity contribution in [1.29, 1.82) is 0 Å². The topological polar surface area (TPSA) is 58.2 Å². The zero-order valence-corrected chi connectivity index (χ0v) is 14.6. The van der Waals surface area contributed by atoms with Crippen LogP contribution in [0.4, 0.5) is 5.69 Å². The van der Waals surface area contributed by atoms with E-state index in [-0.39, 0.29) is 17.7 Å². The smallest absolute Gasteiger partial charge is 0.251 e. The lowest BCUT2D eigenvalue weighted by atomic mass is 10.0. The van der Waals surface area contributed by atoms with E-state index >= 15 is 0 Å². The van der Waals surface area contributed by atoms with Gasteiger partial charge in [-0.25, -0.2) is 0 Å². The first-order valence-corrected chi connectivity index (χ1v) is 8.19. The minimum absolute atomic E-state index is 0.0295. The first kappa shape index (κ1) is 17.2. The van der Waals surface area contributed by atoms with Gasteiger partial charge in [0.25, 0.3) is 5.91 Å². The van der Waals surface area contributed by atoms with Gasteiger partial charge in [-0.3, -0.25) is 9.59 Å². The van der Waals surface area contributed by atoms with E-state index in [0.717, 1.165) is 4.47 Å². The molecular formula is C18H19BrN2O2. The molecular weight excluding hydrogens is 356 g/mol. The summed E-state index contributed by atoms with van der Waals surface area (Å²) in [4.78, 5) is 24.7. The van der Waals surface area contributed by atoms with E-state index < -0.39 is 6.04 Å². The molecule has 0 unspecified atom stereocenters. The van der Waals surface area contributed by atoms with E-state index in [4.69, 9.17) is 0 Å². The molecule has 0 aliphatic carbocycles. The number of benzene rings is 2. The Bertz CT molecular complexity index is 669. The van der Waals surface area contributed by atoms with Crippen LogP contribution in [0.5, 0.6) is 0 Å². The van der Waals surface area contributed by atoms with E-state index in [2.05, 4.69) is 26.6 Å². The van der Waals surface area contributed by atoms with Crippen molar-refractivity contribution in [2.24, 2.45) is 5.92 Å². The molecule has 120 valence electrons. The monoisotopic (exact) mass is 374 g/mol. The highest BCUT2D eigenvalue weighted by Gasteiger charge is 2.24. The summed E-state index contributed by atoms with van der Waals surface area (Å²) in [5, 5.41) is 5.64.